The molecule has 0 unspecified atom stereocenters. The molecule has 3 aromatic carbocycles. The van der Waals surface area contributed by atoms with E-state index in [2.05, 4.69) is 53.7 Å². The number of benzene rings is 3. The Morgan fingerprint density at radius 2 is 1.87 bits per heavy atom. The molecule has 1 atom stereocenters. The third-order valence-corrected chi connectivity index (χ3v) is 6.78. The summed E-state index contributed by atoms with van der Waals surface area (Å²) in [5, 5.41) is 1.82. The molecule has 0 aliphatic carbocycles. The summed E-state index contributed by atoms with van der Waals surface area (Å²) in [6.07, 6.45) is 2.89. The molecule has 3 nitrogen and oxygen atoms in total. The Kier molecular flexibility index (Phi) is 5.05. The molecule has 4 aromatic rings. The Bertz CT molecular complexity index is 1230. The minimum Gasteiger partial charge on any atom is -0.356 e. The van der Waals surface area contributed by atoms with Crippen molar-refractivity contribution in [1.29, 1.82) is 0 Å². The number of nitrogens with zero attached hydrogens (tertiary/aromatic N) is 1. The second kappa shape index (κ2) is 7.86. The van der Waals surface area contributed by atoms with Gasteiger partial charge in [0, 0.05) is 38.6 Å². The number of para-hydroxylation sites is 1. The number of nitrogens with one attached hydrogen (secondary N) is 1. The van der Waals surface area contributed by atoms with Gasteiger partial charge in [0.2, 0.25) is 0 Å². The van der Waals surface area contributed by atoms with E-state index in [1.165, 1.54) is 15.8 Å². The highest BCUT2D eigenvalue weighted by molar-refractivity contribution is 7.98. The maximum atomic E-state index is 13.5. The van der Waals surface area contributed by atoms with Crippen molar-refractivity contribution in [1.82, 2.24) is 9.88 Å². The van der Waals surface area contributed by atoms with Crippen LogP contribution in [0.2, 0.25) is 5.02 Å². The zero-order valence-electron chi connectivity index (χ0n) is 16.6. The summed E-state index contributed by atoms with van der Waals surface area (Å²) in [7, 11) is 0. The van der Waals surface area contributed by atoms with Crippen molar-refractivity contribution in [2.24, 2.45) is 0 Å². The zero-order chi connectivity index (χ0) is 20.7. The van der Waals surface area contributed by atoms with Crippen LogP contribution in [0.25, 0.3) is 10.9 Å². The maximum Gasteiger partial charge on any atom is 0.254 e. The van der Waals surface area contributed by atoms with E-state index in [4.69, 9.17) is 11.6 Å². The van der Waals surface area contributed by atoms with Crippen molar-refractivity contribution >= 4 is 40.2 Å². The smallest absolute Gasteiger partial charge is 0.254 e. The SMILES string of the molecule is CSc1ccc([C@H]2c3[nH]c4ccccc4c3CCN2C(=O)c2cccc(Cl)c2)cc1. The third kappa shape index (κ3) is 3.30. The fraction of sp³-hybridized carbons (Fsp3) is 0.160. The van der Waals surface area contributed by atoms with Crippen LogP contribution in [0.3, 0.4) is 0 Å². The number of thioether (sulfide) groups is 1. The average molecular weight is 433 g/mol. The fourth-order valence-electron chi connectivity index (χ4n) is 4.38. The van der Waals surface area contributed by atoms with Crippen LogP contribution in [-0.4, -0.2) is 28.6 Å². The summed E-state index contributed by atoms with van der Waals surface area (Å²) in [4.78, 5) is 20.3. The molecule has 1 N–H and O–H groups in total. The van der Waals surface area contributed by atoms with Gasteiger partial charge in [-0.05, 0) is 60.2 Å². The molecule has 1 aliphatic rings. The second-order valence-electron chi connectivity index (χ2n) is 7.50. The number of fused-ring (bicyclic) bond motifs is 3. The number of aromatic nitrogens is 1. The van der Waals surface area contributed by atoms with E-state index >= 15 is 0 Å². The highest BCUT2D eigenvalue weighted by Crippen LogP contribution is 2.39. The van der Waals surface area contributed by atoms with Gasteiger partial charge in [0.15, 0.2) is 0 Å². The Morgan fingerprint density at radius 1 is 1.07 bits per heavy atom. The number of hydrogen-bond acceptors (Lipinski definition) is 2. The van der Waals surface area contributed by atoms with Crippen molar-refractivity contribution in [3.8, 4) is 0 Å². The molecule has 0 saturated heterocycles. The van der Waals surface area contributed by atoms with Gasteiger partial charge in [0.1, 0.15) is 0 Å². The molecule has 0 bridgehead atoms. The average Bonchev–Trinajstić information content (AvgIpc) is 3.17. The predicted octanol–water partition coefficient (Wildman–Crippen LogP) is 6.33. The molecule has 1 amide bonds. The van der Waals surface area contributed by atoms with Crippen LogP contribution in [-0.2, 0) is 6.42 Å². The molecule has 5 rings (SSSR count). The lowest BCUT2D eigenvalue weighted by Gasteiger charge is -2.36. The number of hydrogen-bond donors (Lipinski definition) is 1. The standard InChI is InChI=1S/C25H21ClN2OS/c1-30-19-11-9-16(10-12-19)24-23-21(20-7-2-3-8-22(20)27-23)13-14-28(24)25(29)17-5-4-6-18(26)15-17/h2-12,15,24,27H,13-14H2,1H3/t24-/m0/s1. The van der Waals surface area contributed by atoms with E-state index in [1.54, 1.807) is 23.9 Å². The molecule has 0 saturated carbocycles. The van der Waals surface area contributed by atoms with Crippen LogP contribution in [0.4, 0.5) is 0 Å². The first-order valence-corrected chi connectivity index (χ1v) is 11.6. The summed E-state index contributed by atoms with van der Waals surface area (Å²) in [6.45, 7) is 0.662. The predicted molar refractivity (Wildman–Crippen MR) is 125 cm³/mol. The molecule has 2 heterocycles. The summed E-state index contributed by atoms with van der Waals surface area (Å²) in [5.41, 5.74) is 5.25. The number of halogens is 1. The van der Waals surface area contributed by atoms with Crippen molar-refractivity contribution in [2.75, 3.05) is 12.8 Å². The molecule has 150 valence electrons. The number of carbonyl (C=O) groups excluding carboxylic acids is 1. The highest BCUT2D eigenvalue weighted by atomic mass is 35.5. The van der Waals surface area contributed by atoms with E-state index < -0.39 is 0 Å². The van der Waals surface area contributed by atoms with E-state index in [0.29, 0.717) is 17.1 Å². The number of amides is 1. The topological polar surface area (TPSA) is 36.1 Å². The van der Waals surface area contributed by atoms with Crippen molar-refractivity contribution in [2.45, 2.75) is 17.4 Å². The van der Waals surface area contributed by atoms with E-state index in [-0.39, 0.29) is 11.9 Å². The lowest BCUT2D eigenvalue weighted by atomic mass is 9.91. The molecule has 30 heavy (non-hydrogen) atoms. The van der Waals surface area contributed by atoms with Gasteiger partial charge in [-0.1, -0.05) is 48.0 Å². The first kappa shape index (κ1) is 19.3. The minimum absolute atomic E-state index is 0.000694. The molecule has 0 fully saturated rings. The highest BCUT2D eigenvalue weighted by Gasteiger charge is 2.34. The number of carbonyl (C=O) groups is 1. The molecule has 1 aliphatic heterocycles. The quantitative estimate of drug-likeness (QED) is 0.384. The van der Waals surface area contributed by atoms with Crippen LogP contribution in [0.15, 0.2) is 77.7 Å². The zero-order valence-corrected chi connectivity index (χ0v) is 18.1. The molecular weight excluding hydrogens is 412 g/mol. The summed E-state index contributed by atoms with van der Waals surface area (Å²) in [6, 6.07) is 23.9. The first-order valence-electron chi connectivity index (χ1n) is 9.95. The Morgan fingerprint density at radius 3 is 2.63 bits per heavy atom. The summed E-state index contributed by atoms with van der Waals surface area (Å²) in [5.74, 6) is 0.000694. The lowest BCUT2D eigenvalue weighted by molar-refractivity contribution is 0.0692. The maximum absolute atomic E-state index is 13.5. The lowest BCUT2D eigenvalue weighted by Crippen LogP contribution is -2.40. The van der Waals surface area contributed by atoms with Gasteiger partial charge in [-0.25, -0.2) is 0 Å². The minimum atomic E-state index is -0.163. The van der Waals surface area contributed by atoms with Gasteiger partial charge in [-0.3, -0.25) is 4.79 Å². The molecular formula is C25H21ClN2OS. The van der Waals surface area contributed by atoms with Crippen molar-refractivity contribution < 1.29 is 4.79 Å². The van der Waals surface area contributed by atoms with E-state index in [1.807, 2.05) is 23.1 Å². The number of aromatic amines is 1. The van der Waals surface area contributed by atoms with E-state index in [0.717, 1.165) is 23.2 Å². The second-order valence-corrected chi connectivity index (χ2v) is 8.81. The van der Waals surface area contributed by atoms with E-state index in [9.17, 15) is 4.79 Å². The molecule has 1 aromatic heterocycles. The van der Waals surface area contributed by atoms with Crippen molar-refractivity contribution in [3.05, 3.63) is 100 Å². The Balaban J connectivity index is 1.65. The first-order chi connectivity index (χ1) is 14.7. The van der Waals surface area contributed by atoms with Crippen LogP contribution in [0.1, 0.15) is 33.2 Å². The molecule has 0 radical (unpaired) electrons. The van der Waals surface area contributed by atoms with Crippen LogP contribution in [0.5, 0.6) is 0 Å². The van der Waals surface area contributed by atoms with Gasteiger partial charge in [0.05, 0.1) is 6.04 Å². The largest absolute Gasteiger partial charge is 0.356 e. The summed E-state index contributed by atoms with van der Waals surface area (Å²) >= 11 is 7.89. The van der Waals surface area contributed by atoms with Crippen LogP contribution >= 0.6 is 23.4 Å². The fourth-order valence-corrected chi connectivity index (χ4v) is 4.98. The Labute approximate surface area is 185 Å². The van der Waals surface area contributed by atoms with Gasteiger partial charge in [0.25, 0.3) is 5.91 Å². The monoisotopic (exact) mass is 432 g/mol. The van der Waals surface area contributed by atoms with Crippen LogP contribution in [0, 0.1) is 0 Å². The molecule has 0 spiro atoms. The van der Waals surface area contributed by atoms with Gasteiger partial charge in [-0.2, -0.15) is 0 Å². The normalized spacial score (nSPS) is 15.9. The molecule has 5 heteroatoms. The van der Waals surface area contributed by atoms with Crippen molar-refractivity contribution in [3.63, 3.8) is 0 Å². The van der Waals surface area contributed by atoms with Gasteiger partial charge < -0.3 is 9.88 Å². The number of rotatable bonds is 3. The van der Waals surface area contributed by atoms with Crippen LogP contribution < -0.4 is 0 Å². The summed E-state index contributed by atoms with van der Waals surface area (Å²) < 4.78 is 0. The number of H-pyrrole nitrogens is 1. The van der Waals surface area contributed by atoms with Gasteiger partial charge >= 0.3 is 0 Å². The Hall–Kier alpha value is -2.69. The van der Waals surface area contributed by atoms with Gasteiger partial charge in [-0.15, -0.1) is 11.8 Å². The third-order valence-electron chi connectivity index (χ3n) is 5.80.